The minimum Gasteiger partial charge on any atom is -0.480 e. The molecule has 232 valence electrons. The number of alkyl halides is 3. The molecule has 7 rings (SSSR count). The normalized spacial score (nSPS) is 26.0. The van der Waals surface area contributed by atoms with E-state index in [4.69, 9.17) is 25.5 Å². The first-order valence-electron chi connectivity index (χ1n) is 13.7. The number of carboxylic acids is 1. The first kappa shape index (κ1) is 29.0. The van der Waals surface area contributed by atoms with Crippen molar-refractivity contribution in [3.8, 4) is 5.88 Å². The molecule has 0 radical (unpaired) electrons. The summed E-state index contributed by atoms with van der Waals surface area (Å²) >= 11 is 6.19. The topological polar surface area (TPSA) is 145 Å². The number of furan rings is 1. The number of para-hydroxylation sites is 1. The van der Waals surface area contributed by atoms with E-state index in [-0.39, 0.29) is 72.4 Å². The van der Waals surface area contributed by atoms with Crippen LogP contribution in [0, 0.1) is 0 Å². The number of rotatable bonds is 6. The van der Waals surface area contributed by atoms with E-state index in [0.717, 1.165) is 0 Å². The Bertz CT molecular complexity index is 1920. The van der Waals surface area contributed by atoms with Crippen molar-refractivity contribution in [3.05, 3.63) is 52.9 Å². The molecule has 0 amide bonds. The van der Waals surface area contributed by atoms with Crippen LogP contribution in [0.5, 0.6) is 5.88 Å². The number of pyridine rings is 1. The summed E-state index contributed by atoms with van der Waals surface area (Å²) in [7, 11) is -3.61. The number of aromatic nitrogens is 3. The van der Waals surface area contributed by atoms with E-state index in [1.165, 1.54) is 17.2 Å². The highest BCUT2D eigenvalue weighted by atomic mass is 35.5. The lowest BCUT2D eigenvalue weighted by Crippen LogP contribution is -2.62. The highest BCUT2D eigenvalue weighted by molar-refractivity contribution is 7.93. The summed E-state index contributed by atoms with van der Waals surface area (Å²) < 4.78 is 85.9. The second-order valence-corrected chi connectivity index (χ2v) is 14.3. The van der Waals surface area contributed by atoms with Gasteiger partial charge in [-0.05, 0) is 24.6 Å². The lowest BCUT2D eigenvalue weighted by molar-refractivity contribution is -0.138. The quantitative estimate of drug-likeness (QED) is 0.312. The average Bonchev–Trinajstić information content (AvgIpc) is 3.56. The van der Waals surface area contributed by atoms with Gasteiger partial charge in [-0.2, -0.15) is 0 Å². The fourth-order valence-corrected chi connectivity index (χ4v) is 8.46. The van der Waals surface area contributed by atoms with Gasteiger partial charge in [-0.3, -0.25) is 0 Å². The molecule has 0 bridgehead atoms. The molecule has 3 aliphatic rings. The Kier molecular flexibility index (Phi) is 6.71. The van der Waals surface area contributed by atoms with Crippen molar-refractivity contribution in [2.75, 3.05) is 30.4 Å². The zero-order valence-corrected chi connectivity index (χ0v) is 24.3. The number of carbonyl (C=O) groups is 1. The van der Waals surface area contributed by atoms with Gasteiger partial charge < -0.3 is 23.9 Å². The molecule has 3 aliphatic heterocycles. The molecular formula is C28H24ClF3N4O7S. The maximum atomic E-state index is 16.7. The van der Waals surface area contributed by atoms with E-state index in [1.54, 1.807) is 24.3 Å². The van der Waals surface area contributed by atoms with E-state index in [1.807, 2.05) is 0 Å². The number of ether oxygens (including phenoxy) is 2. The molecule has 3 fully saturated rings. The van der Waals surface area contributed by atoms with Crippen molar-refractivity contribution >= 4 is 55.3 Å². The number of hydrogen-bond acceptors (Lipinski definition) is 10. The Labute approximate surface area is 252 Å². The smallest absolute Gasteiger partial charge is 0.326 e. The summed E-state index contributed by atoms with van der Waals surface area (Å²) in [5.41, 5.74) is -1.73. The average molecular weight is 653 g/mol. The lowest BCUT2D eigenvalue weighted by Gasteiger charge is -2.48. The SMILES string of the molecule is O=C(O)[C@@H]1C[C@H](Oc2ncc(Cl)cc2[C@@]2(F)CCS(=O)(=O)C3(COC3)C2)CN1c1nc(C(F)F)nc2c1oc1ccccc12. The third kappa shape index (κ3) is 4.55. The van der Waals surface area contributed by atoms with Crippen LogP contribution in [0.1, 0.15) is 37.1 Å². The molecule has 11 nitrogen and oxygen atoms in total. The molecule has 1 N–H and O–H groups in total. The summed E-state index contributed by atoms with van der Waals surface area (Å²) in [5.74, 6) is -2.80. The Morgan fingerprint density at radius 3 is 2.70 bits per heavy atom. The predicted molar refractivity (Wildman–Crippen MR) is 151 cm³/mol. The number of aliphatic carboxylic acids is 1. The predicted octanol–water partition coefficient (Wildman–Crippen LogP) is 4.62. The molecule has 4 aromatic rings. The summed E-state index contributed by atoms with van der Waals surface area (Å²) in [6.45, 7) is -0.407. The van der Waals surface area contributed by atoms with Crippen LogP contribution in [0.15, 0.2) is 40.9 Å². The van der Waals surface area contributed by atoms with Gasteiger partial charge in [-0.25, -0.2) is 41.3 Å². The zero-order chi connectivity index (χ0) is 31.0. The number of hydrogen-bond donors (Lipinski definition) is 1. The number of anilines is 1. The van der Waals surface area contributed by atoms with Crippen LogP contribution in [0.3, 0.4) is 0 Å². The fraction of sp³-hybridized carbons (Fsp3) is 0.429. The van der Waals surface area contributed by atoms with Crippen LogP contribution < -0.4 is 9.64 Å². The van der Waals surface area contributed by atoms with Crippen LogP contribution in [0.4, 0.5) is 19.0 Å². The van der Waals surface area contributed by atoms with E-state index in [9.17, 15) is 27.1 Å². The van der Waals surface area contributed by atoms with Crippen LogP contribution >= 0.6 is 11.6 Å². The second-order valence-electron chi connectivity index (χ2n) is 11.4. The van der Waals surface area contributed by atoms with Gasteiger partial charge in [-0.15, -0.1) is 0 Å². The van der Waals surface area contributed by atoms with Gasteiger partial charge in [0.25, 0.3) is 6.43 Å². The molecule has 3 saturated heterocycles. The number of halogens is 4. The molecule has 1 spiro atoms. The van der Waals surface area contributed by atoms with E-state index < -0.39 is 56.4 Å². The highest BCUT2D eigenvalue weighted by Gasteiger charge is 2.60. The summed E-state index contributed by atoms with van der Waals surface area (Å²) in [5, 5.41) is 10.7. The van der Waals surface area contributed by atoms with Gasteiger partial charge in [0.1, 0.15) is 33.7 Å². The lowest BCUT2D eigenvalue weighted by atomic mass is 9.82. The standard InChI is InChI=1S/C28H24ClF3N4O7S/c29-14-7-17(28(32)5-6-44(39,40)27(11-28)12-41-13-27)25(33-9-14)42-15-8-18(26(37)38)36(10-15)24-21-20(34-23(35-24)22(30)31)16-3-1-2-4-19(16)43-21/h1-4,7,9,15,18,22H,5-6,8,10-13H2,(H,37,38)/t15-,18-,28+/m0/s1. The molecule has 0 aliphatic carbocycles. The maximum absolute atomic E-state index is 16.7. The van der Waals surface area contributed by atoms with E-state index >= 15 is 4.39 Å². The van der Waals surface area contributed by atoms with E-state index in [0.29, 0.717) is 11.0 Å². The van der Waals surface area contributed by atoms with Crippen LogP contribution in [0.2, 0.25) is 5.02 Å². The number of benzene rings is 1. The highest BCUT2D eigenvalue weighted by Crippen LogP contribution is 2.51. The van der Waals surface area contributed by atoms with Gasteiger partial charge >= 0.3 is 5.97 Å². The minimum absolute atomic E-state index is 0.0342. The third-order valence-corrected chi connectivity index (χ3v) is 11.2. The van der Waals surface area contributed by atoms with Gasteiger partial charge in [-0.1, -0.05) is 23.7 Å². The molecule has 3 aromatic heterocycles. The van der Waals surface area contributed by atoms with E-state index in [2.05, 4.69) is 15.0 Å². The second kappa shape index (κ2) is 10.2. The fourth-order valence-electron chi connectivity index (χ4n) is 6.30. The molecule has 0 saturated carbocycles. The van der Waals surface area contributed by atoms with Crippen molar-refractivity contribution in [1.82, 2.24) is 15.0 Å². The maximum Gasteiger partial charge on any atom is 0.326 e. The van der Waals surface area contributed by atoms with Crippen LogP contribution in [-0.4, -0.2) is 76.8 Å². The number of nitrogens with zero attached hydrogens (tertiary/aromatic N) is 4. The monoisotopic (exact) mass is 652 g/mol. The molecule has 6 heterocycles. The molecule has 1 aromatic carbocycles. The number of fused-ring (bicyclic) bond motifs is 3. The van der Waals surface area contributed by atoms with Crippen LogP contribution in [0.25, 0.3) is 22.1 Å². The largest absolute Gasteiger partial charge is 0.480 e. The summed E-state index contributed by atoms with van der Waals surface area (Å²) in [6.07, 6.45) is -3.59. The Morgan fingerprint density at radius 2 is 2.00 bits per heavy atom. The van der Waals surface area contributed by atoms with Crippen molar-refractivity contribution in [3.63, 3.8) is 0 Å². The van der Waals surface area contributed by atoms with Crippen LogP contribution in [-0.2, 0) is 25.0 Å². The molecule has 3 atom stereocenters. The molecule has 44 heavy (non-hydrogen) atoms. The Hall–Kier alpha value is -3.69. The van der Waals surface area contributed by atoms with Crippen molar-refractivity contribution in [2.45, 2.75) is 48.2 Å². The van der Waals surface area contributed by atoms with Crippen molar-refractivity contribution in [1.29, 1.82) is 0 Å². The first-order valence-corrected chi connectivity index (χ1v) is 15.7. The zero-order valence-electron chi connectivity index (χ0n) is 22.8. The molecular weight excluding hydrogens is 629 g/mol. The summed E-state index contributed by atoms with van der Waals surface area (Å²) in [4.78, 5) is 25.9. The molecule has 16 heteroatoms. The van der Waals surface area contributed by atoms with Gasteiger partial charge in [0.05, 0.1) is 36.1 Å². The Balaban J connectivity index is 1.25. The first-order chi connectivity index (χ1) is 20.9. The van der Waals surface area contributed by atoms with Gasteiger partial charge in [0.2, 0.25) is 5.88 Å². The van der Waals surface area contributed by atoms with Crippen molar-refractivity contribution in [2.24, 2.45) is 0 Å². The Morgan fingerprint density at radius 1 is 1.23 bits per heavy atom. The van der Waals surface area contributed by atoms with Gasteiger partial charge in [0.15, 0.2) is 27.1 Å². The van der Waals surface area contributed by atoms with Crippen molar-refractivity contribution < 1.29 is 45.4 Å². The third-order valence-electron chi connectivity index (χ3n) is 8.57. The van der Waals surface area contributed by atoms with Gasteiger partial charge in [0, 0.05) is 24.4 Å². The summed E-state index contributed by atoms with van der Waals surface area (Å²) in [6, 6.07) is 6.72. The minimum atomic E-state index is -3.61. The number of sulfone groups is 1. The number of carboxylic acid groups (broad SMARTS) is 1. The molecule has 0 unspecified atom stereocenters.